The van der Waals surface area contributed by atoms with Crippen molar-refractivity contribution in [3.05, 3.63) is 0 Å². The van der Waals surface area contributed by atoms with Gasteiger partial charge < -0.3 is 20.7 Å². The quantitative estimate of drug-likeness (QED) is 0.501. The molecule has 0 radical (unpaired) electrons. The molecule has 3 N–H and O–H groups in total. The fraction of sp³-hybridized carbons (Fsp3) is 0.900. The summed E-state index contributed by atoms with van der Waals surface area (Å²) in [5.74, 6) is 0.241. The van der Waals surface area contributed by atoms with E-state index in [-0.39, 0.29) is 11.2 Å². The Kier molecular flexibility index (Phi) is 6.70. The summed E-state index contributed by atoms with van der Waals surface area (Å²) >= 11 is 0. The maximum absolute atomic E-state index is 11.2. The number of hydrogen-bond acceptors (Lipinski definition) is 4. The minimum absolute atomic E-state index is 0.00984. The van der Waals surface area contributed by atoms with Crippen LogP contribution in [0, 0.1) is 5.41 Å². The summed E-state index contributed by atoms with van der Waals surface area (Å²) in [7, 11) is 5.75. The van der Waals surface area contributed by atoms with Crippen molar-refractivity contribution in [2.75, 3.05) is 40.8 Å². The van der Waals surface area contributed by atoms with Crippen LogP contribution in [-0.2, 0) is 4.79 Å². The van der Waals surface area contributed by atoms with E-state index in [4.69, 9.17) is 0 Å². The van der Waals surface area contributed by atoms with Gasteiger partial charge in [0.1, 0.15) is 5.78 Å². The standard InChI is InChI=1S/C10H23N3O/c1-9(14)5-10(6-11-2,7-12-3)8-13-4/h11-13H,5-8H2,1-4H3. The number of Topliss-reactive ketones (excluding diaryl/α,β-unsaturated/α-hetero) is 1. The van der Waals surface area contributed by atoms with Crippen LogP contribution in [0.25, 0.3) is 0 Å². The molecule has 0 aliphatic heterocycles. The lowest BCUT2D eigenvalue weighted by atomic mass is 9.82. The summed E-state index contributed by atoms with van der Waals surface area (Å²) in [6.07, 6.45) is 0.607. The Morgan fingerprint density at radius 3 is 1.57 bits per heavy atom. The number of rotatable bonds is 8. The third kappa shape index (κ3) is 4.69. The molecule has 14 heavy (non-hydrogen) atoms. The second kappa shape index (κ2) is 6.92. The highest BCUT2D eigenvalue weighted by atomic mass is 16.1. The molecule has 0 spiro atoms. The monoisotopic (exact) mass is 201 g/mol. The molecule has 0 fully saturated rings. The lowest BCUT2D eigenvalue weighted by Gasteiger charge is -2.32. The van der Waals surface area contributed by atoms with Crippen molar-refractivity contribution >= 4 is 5.78 Å². The van der Waals surface area contributed by atoms with Crippen LogP contribution in [0.3, 0.4) is 0 Å². The fourth-order valence-corrected chi connectivity index (χ4v) is 2.03. The molecule has 0 aromatic rings. The Bertz CT molecular complexity index is 154. The van der Waals surface area contributed by atoms with Gasteiger partial charge in [0, 0.05) is 31.5 Å². The maximum Gasteiger partial charge on any atom is 0.130 e. The average Bonchev–Trinajstić information content (AvgIpc) is 2.03. The molecule has 84 valence electrons. The molecule has 0 atom stereocenters. The molecule has 0 aromatic carbocycles. The summed E-state index contributed by atoms with van der Waals surface area (Å²) < 4.78 is 0. The van der Waals surface area contributed by atoms with E-state index >= 15 is 0 Å². The first-order valence-electron chi connectivity index (χ1n) is 5.03. The molecule has 0 aromatic heterocycles. The van der Waals surface area contributed by atoms with Crippen LogP contribution in [-0.4, -0.2) is 46.6 Å². The topological polar surface area (TPSA) is 53.2 Å². The molecule has 0 amide bonds. The highest BCUT2D eigenvalue weighted by Crippen LogP contribution is 2.19. The molecule has 4 nitrogen and oxygen atoms in total. The Morgan fingerprint density at radius 2 is 1.36 bits per heavy atom. The smallest absolute Gasteiger partial charge is 0.130 e. The van der Waals surface area contributed by atoms with E-state index in [1.807, 2.05) is 21.1 Å². The predicted octanol–water partition coefficient (Wildman–Crippen LogP) is -0.390. The summed E-state index contributed by atoms with van der Waals surface area (Å²) in [6.45, 7) is 4.17. The zero-order valence-electron chi connectivity index (χ0n) is 9.74. The van der Waals surface area contributed by atoms with E-state index in [1.54, 1.807) is 6.92 Å². The van der Waals surface area contributed by atoms with Gasteiger partial charge in [0.15, 0.2) is 0 Å². The molecule has 0 rings (SSSR count). The second-order valence-electron chi connectivity index (χ2n) is 3.97. The zero-order chi connectivity index (χ0) is 11.0. The SMILES string of the molecule is CNCC(CNC)(CNC)CC(C)=O. The van der Waals surface area contributed by atoms with Crippen molar-refractivity contribution in [3.8, 4) is 0 Å². The highest BCUT2D eigenvalue weighted by molar-refractivity contribution is 5.76. The van der Waals surface area contributed by atoms with Crippen LogP contribution in [0.5, 0.6) is 0 Å². The van der Waals surface area contributed by atoms with Crippen molar-refractivity contribution in [1.29, 1.82) is 0 Å². The molecule has 4 heteroatoms. The first kappa shape index (κ1) is 13.5. The molecule has 0 unspecified atom stereocenters. The van der Waals surface area contributed by atoms with Gasteiger partial charge >= 0.3 is 0 Å². The Labute approximate surface area is 86.8 Å². The number of ketones is 1. The van der Waals surface area contributed by atoms with Gasteiger partial charge in [-0.25, -0.2) is 0 Å². The lowest BCUT2D eigenvalue weighted by Crippen LogP contribution is -2.47. The van der Waals surface area contributed by atoms with Crippen molar-refractivity contribution in [2.45, 2.75) is 13.3 Å². The first-order chi connectivity index (χ1) is 6.60. The van der Waals surface area contributed by atoms with Crippen LogP contribution in [0.1, 0.15) is 13.3 Å². The van der Waals surface area contributed by atoms with E-state index in [0.717, 1.165) is 19.6 Å². The highest BCUT2D eigenvalue weighted by Gasteiger charge is 2.29. The van der Waals surface area contributed by atoms with E-state index in [0.29, 0.717) is 6.42 Å². The normalized spacial score (nSPS) is 11.7. The van der Waals surface area contributed by atoms with Crippen molar-refractivity contribution in [1.82, 2.24) is 16.0 Å². The van der Waals surface area contributed by atoms with Gasteiger partial charge in [-0.05, 0) is 28.1 Å². The van der Waals surface area contributed by atoms with Crippen LogP contribution in [0.2, 0.25) is 0 Å². The number of hydrogen-bond donors (Lipinski definition) is 3. The molecular formula is C10H23N3O. The molecular weight excluding hydrogens is 178 g/mol. The summed E-state index contributed by atoms with van der Waals surface area (Å²) in [5, 5.41) is 9.45. The van der Waals surface area contributed by atoms with E-state index < -0.39 is 0 Å². The van der Waals surface area contributed by atoms with Gasteiger partial charge in [0.2, 0.25) is 0 Å². The van der Waals surface area contributed by atoms with E-state index in [1.165, 1.54) is 0 Å². The Balaban J connectivity index is 4.45. The van der Waals surface area contributed by atoms with E-state index in [2.05, 4.69) is 16.0 Å². The fourth-order valence-electron chi connectivity index (χ4n) is 2.03. The average molecular weight is 201 g/mol. The molecule has 0 heterocycles. The van der Waals surface area contributed by atoms with Gasteiger partial charge in [-0.1, -0.05) is 0 Å². The van der Waals surface area contributed by atoms with Crippen LogP contribution in [0.15, 0.2) is 0 Å². The Morgan fingerprint density at radius 1 is 1.00 bits per heavy atom. The maximum atomic E-state index is 11.2. The number of nitrogens with one attached hydrogen (secondary N) is 3. The number of carbonyl (C=O) groups excluding carboxylic acids is 1. The minimum atomic E-state index is -0.00984. The first-order valence-corrected chi connectivity index (χ1v) is 5.03. The summed E-state index contributed by atoms with van der Waals surface area (Å²) in [4.78, 5) is 11.2. The van der Waals surface area contributed by atoms with Crippen molar-refractivity contribution in [3.63, 3.8) is 0 Å². The van der Waals surface area contributed by atoms with Gasteiger partial charge in [-0.15, -0.1) is 0 Å². The predicted molar refractivity (Wildman–Crippen MR) is 59.5 cm³/mol. The molecule has 0 aliphatic carbocycles. The number of carbonyl (C=O) groups is 1. The molecule has 0 saturated heterocycles. The third-order valence-corrected chi connectivity index (χ3v) is 2.28. The molecule has 0 saturated carbocycles. The van der Waals surface area contributed by atoms with Gasteiger partial charge in [0.25, 0.3) is 0 Å². The summed E-state index contributed by atoms with van der Waals surface area (Å²) in [5.41, 5.74) is -0.00984. The Hall–Kier alpha value is -0.450. The largest absolute Gasteiger partial charge is 0.319 e. The van der Waals surface area contributed by atoms with Crippen LogP contribution < -0.4 is 16.0 Å². The van der Waals surface area contributed by atoms with Crippen LogP contribution >= 0.6 is 0 Å². The molecule has 0 aliphatic rings. The van der Waals surface area contributed by atoms with E-state index in [9.17, 15) is 4.79 Å². The van der Waals surface area contributed by atoms with Crippen LogP contribution in [0.4, 0.5) is 0 Å². The van der Waals surface area contributed by atoms with Crippen molar-refractivity contribution < 1.29 is 4.79 Å². The second-order valence-corrected chi connectivity index (χ2v) is 3.97. The van der Waals surface area contributed by atoms with Gasteiger partial charge in [0.05, 0.1) is 0 Å². The van der Waals surface area contributed by atoms with Crippen molar-refractivity contribution in [2.24, 2.45) is 5.41 Å². The lowest BCUT2D eigenvalue weighted by molar-refractivity contribution is -0.119. The summed E-state index contributed by atoms with van der Waals surface area (Å²) in [6, 6.07) is 0. The van der Waals surface area contributed by atoms with Gasteiger partial charge in [-0.3, -0.25) is 0 Å². The minimum Gasteiger partial charge on any atom is -0.319 e. The van der Waals surface area contributed by atoms with Gasteiger partial charge in [-0.2, -0.15) is 0 Å². The molecule has 0 bridgehead atoms. The zero-order valence-corrected chi connectivity index (χ0v) is 9.74. The third-order valence-electron chi connectivity index (χ3n) is 2.28.